The van der Waals surface area contributed by atoms with Gasteiger partial charge in [0.15, 0.2) is 0 Å². The van der Waals surface area contributed by atoms with Gasteiger partial charge in [0, 0.05) is 43.6 Å². The molecule has 7 heteroatoms. The highest BCUT2D eigenvalue weighted by atomic mass is 16.6. The van der Waals surface area contributed by atoms with E-state index in [1.165, 1.54) is 5.69 Å². The first-order chi connectivity index (χ1) is 14.7. The van der Waals surface area contributed by atoms with E-state index in [-0.39, 0.29) is 5.91 Å². The third-order valence-electron chi connectivity index (χ3n) is 4.83. The molecule has 0 aliphatic carbocycles. The highest BCUT2D eigenvalue weighted by Crippen LogP contribution is 2.19. The lowest BCUT2D eigenvalue weighted by molar-refractivity contribution is 0.0635. The number of hydrogen-bond acceptors (Lipinski definition) is 5. The summed E-state index contributed by atoms with van der Waals surface area (Å²) in [5.41, 5.74) is 2.65. The summed E-state index contributed by atoms with van der Waals surface area (Å²) in [5, 5.41) is 2.67. The molecule has 1 saturated heterocycles. The first kappa shape index (κ1) is 22.6. The van der Waals surface area contributed by atoms with Crippen molar-refractivity contribution in [3.8, 4) is 0 Å². The summed E-state index contributed by atoms with van der Waals surface area (Å²) in [4.78, 5) is 28.8. The van der Waals surface area contributed by atoms with Crippen LogP contribution in [0.3, 0.4) is 0 Å². The molecule has 166 valence electrons. The smallest absolute Gasteiger partial charge is 0.412 e. The van der Waals surface area contributed by atoms with Crippen LogP contribution in [-0.4, -0.2) is 55.9 Å². The monoisotopic (exact) mass is 425 g/mol. The molecule has 2 amide bonds. The van der Waals surface area contributed by atoms with E-state index in [9.17, 15) is 9.59 Å². The lowest BCUT2D eigenvalue weighted by atomic mass is 10.1. The molecule has 1 heterocycles. The van der Waals surface area contributed by atoms with Crippen LogP contribution in [0.15, 0.2) is 48.5 Å². The topological polar surface area (TPSA) is 71.1 Å². The number of hydrogen-bond donors (Lipinski definition) is 1. The molecule has 0 bridgehead atoms. The average molecular weight is 426 g/mol. The Kier molecular flexibility index (Phi) is 7.17. The van der Waals surface area contributed by atoms with Gasteiger partial charge in [-0.2, -0.15) is 0 Å². The van der Waals surface area contributed by atoms with E-state index in [2.05, 4.69) is 34.5 Å². The number of carbonyl (C=O) groups excluding carboxylic acids is 2. The number of ether oxygens (including phenoxy) is 2. The normalized spacial score (nSPS) is 14.1. The van der Waals surface area contributed by atoms with Gasteiger partial charge in [-0.05, 0) is 56.7 Å². The Balaban J connectivity index is 1.60. The average Bonchev–Trinajstić information content (AvgIpc) is 2.73. The maximum Gasteiger partial charge on any atom is 0.412 e. The number of morpholine rings is 1. The van der Waals surface area contributed by atoms with Crippen LogP contribution in [0.5, 0.6) is 0 Å². The highest BCUT2D eigenvalue weighted by Gasteiger charge is 2.18. The van der Waals surface area contributed by atoms with Crippen molar-refractivity contribution in [3.05, 3.63) is 59.7 Å². The van der Waals surface area contributed by atoms with Crippen molar-refractivity contribution >= 4 is 23.4 Å². The molecule has 2 aromatic rings. The molecule has 7 nitrogen and oxygen atoms in total. The Morgan fingerprint density at radius 1 is 1.10 bits per heavy atom. The van der Waals surface area contributed by atoms with Gasteiger partial charge in [0.2, 0.25) is 0 Å². The Hall–Kier alpha value is -3.06. The van der Waals surface area contributed by atoms with Gasteiger partial charge in [0.05, 0.1) is 13.2 Å². The Morgan fingerprint density at radius 3 is 2.42 bits per heavy atom. The fourth-order valence-corrected chi connectivity index (χ4v) is 3.35. The number of benzene rings is 2. The zero-order valence-electron chi connectivity index (χ0n) is 18.7. The van der Waals surface area contributed by atoms with E-state index in [1.807, 2.05) is 0 Å². The zero-order chi connectivity index (χ0) is 22.4. The van der Waals surface area contributed by atoms with Crippen molar-refractivity contribution in [1.82, 2.24) is 4.90 Å². The van der Waals surface area contributed by atoms with E-state index >= 15 is 0 Å². The molecule has 0 spiro atoms. The van der Waals surface area contributed by atoms with Crippen LogP contribution in [0.4, 0.5) is 16.2 Å². The molecule has 0 saturated carbocycles. The number of nitrogens with zero attached hydrogens (tertiary/aromatic N) is 2. The number of rotatable bonds is 5. The van der Waals surface area contributed by atoms with Gasteiger partial charge in [-0.15, -0.1) is 0 Å². The maximum atomic E-state index is 12.9. The van der Waals surface area contributed by atoms with Crippen LogP contribution >= 0.6 is 0 Å². The molecule has 1 fully saturated rings. The molecule has 2 aromatic carbocycles. The minimum absolute atomic E-state index is 0.120. The molecule has 0 radical (unpaired) electrons. The third-order valence-corrected chi connectivity index (χ3v) is 4.83. The third kappa shape index (κ3) is 6.72. The van der Waals surface area contributed by atoms with Gasteiger partial charge < -0.3 is 19.3 Å². The van der Waals surface area contributed by atoms with Crippen molar-refractivity contribution in [2.75, 3.05) is 43.6 Å². The fourth-order valence-electron chi connectivity index (χ4n) is 3.35. The van der Waals surface area contributed by atoms with Crippen LogP contribution in [0.25, 0.3) is 0 Å². The lowest BCUT2D eigenvalue weighted by Crippen LogP contribution is -2.36. The molecular weight excluding hydrogens is 394 g/mol. The van der Waals surface area contributed by atoms with Crippen molar-refractivity contribution in [2.24, 2.45) is 0 Å². The largest absolute Gasteiger partial charge is 0.444 e. The van der Waals surface area contributed by atoms with Crippen LogP contribution in [-0.2, 0) is 16.0 Å². The Labute approximate surface area is 183 Å². The first-order valence-electron chi connectivity index (χ1n) is 10.5. The zero-order valence-corrected chi connectivity index (χ0v) is 18.7. The van der Waals surface area contributed by atoms with Crippen molar-refractivity contribution in [3.63, 3.8) is 0 Å². The van der Waals surface area contributed by atoms with Gasteiger partial charge in [0.25, 0.3) is 5.91 Å². The van der Waals surface area contributed by atoms with E-state index in [4.69, 9.17) is 9.47 Å². The van der Waals surface area contributed by atoms with Crippen molar-refractivity contribution in [1.29, 1.82) is 0 Å². The summed E-state index contributed by atoms with van der Waals surface area (Å²) in [6.07, 6.45) is -0.550. The maximum absolute atomic E-state index is 12.9. The first-order valence-corrected chi connectivity index (χ1v) is 10.5. The number of carbonyl (C=O) groups is 2. The standard InChI is InChI=1S/C24H31N3O4/c1-24(2,3)31-23(29)25-20-7-5-6-19(16-20)22(28)26(4)17-18-8-10-21(11-9-18)27-12-14-30-15-13-27/h5-11,16H,12-15,17H2,1-4H3,(H,25,29). The summed E-state index contributed by atoms with van der Waals surface area (Å²) >= 11 is 0. The summed E-state index contributed by atoms with van der Waals surface area (Å²) in [6.45, 7) is 9.18. The van der Waals surface area contributed by atoms with E-state index in [0.29, 0.717) is 17.8 Å². The molecule has 0 atom stereocenters. The van der Waals surface area contributed by atoms with E-state index in [0.717, 1.165) is 31.9 Å². The minimum Gasteiger partial charge on any atom is -0.444 e. The highest BCUT2D eigenvalue weighted by molar-refractivity contribution is 5.96. The number of amides is 2. The predicted molar refractivity (Wildman–Crippen MR) is 122 cm³/mol. The minimum atomic E-state index is -0.588. The summed E-state index contributed by atoms with van der Waals surface area (Å²) < 4.78 is 10.7. The molecule has 31 heavy (non-hydrogen) atoms. The van der Waals surface area contributed by atoms with Gasteiger partial charge >= 0.3 is 6.09 Å². The Bertz CT molecular complexity index is 900. The second-order valence-electron chi connectivity index (χ2n) is 8.63. The predicted octanol–water partition coefficient (Wildman–Crippen LogP) is 4.14. The molecule has 0 aromatic heterocycles. The number of nitrogens with one attached hydrogen (secondary N) is 1. The van der Waals surface area contributed by atoms with Crippen LogP contribution in [0, 0.1) is 0 Å². The second kappa shape index (κ2) is 9.83. The SMILES string of the molecule is CN(Cc1ccc(N2CCOCC2)cc1)C(=O)c1cccc(NC(=O)OC(C)(C)C)c1. The molecular formula is C24H31N3O4. The molecule has 0 unspecified atom stereocenters. The van der Waals surface area contributed by atoms with E-state index < -0.39 is 11.7 Å². The van der Waals surface area contributed by atoms with Crippen molar-refractivity contribution in [2.45, 2.75) is 32.9 Å². The molecule has 1 aliphatic heterocycles. The molecule has 1 N–H and O–H groups in total. The van der Waals surface area contributed by atoms with Crippen LogP contribution in [0.1, 0.15) is 36.7 Å². The van der Waals surface area contributed by atoms with Crippen LogP contribution < -0.4 is 10.2 Å². The van der Waals surface area contributed by atoms with E-state index in [1.54, 1.807) is 57.0 Å². The molecule has 3 rings (SSSR count). The molecule has 1 aliphatic rings. The Morgan fingerprint density at radius 2 is 1.77 bits per heavy atom. The van der Waals surface area contributed by atoms with Gasteiger partial charge in [-0.1, -0.05) is 18.2 Å². The lowest BCUT2D eigenvalue weighted by Gasteiger charge is -2.29. The fraction of sp³-hybridized carbons (Fsp3) is 0.417. The van der Waals surface area contributed by atoms with Gasteiger partial charge in [-0.3, -0.25) is 10.1 Å². The van der Waals surface area contributed by atoms with Gasteiger partial charge in [-0.25, -0.2) is 4.79 Å². The van der Waals surface area contributed by atoms with Crippen LogP contribution in [0.2, 0.25) is 0 Å². The van der Waals surface area contributed by atoms with Crippen molar-refractivity contribution < 1.29 is 19.1 Å². The second-order valence-corrected chi connectivity index (χ2v) is 8.63. The summed E-state index contributed by atoms with van der Waals surface area (Å²) in [6, 6.07) is 15.1. The summed E-state index contributed by atoms with van der Waals surface area (Å²) in [5.74, 6) is -0.120. The summed E-state index contributed by atoms with van der Waals surface area (Å²) in [7, 11) is 1.77. The quantitative estimate of drug-likeness (QED) is 0.780. The number of anilines is 2. The van der Waals surface area contributed by atoms with Gasteiger partial charge in [0.1, 0.15) is 5.60 Å².